The molecule has 0 spiro atoms. The fourth-order valence-corrected chi connectivity index (χ4v) is 5.18. The minimum Gasteiger partial charge on any atom is -0.353 e. The molecule has 1 saturated carbocycles. The lowest BCUT2D eigenvalue weighted by Crippen LogP contribution is -2.40. The summed E-state index contributed by atoms with van der Waals surface area (Å²) in [4.78, 5) is 28.0. The number of benzene rings is 2. The number of rotatable bonds is 6. The van der Waals surface area contributed by atoms with E-state index < -0.39 is 0 Å². The fourth-order valence-electron chi connectivity index (χ4n) is 5.18. The molecule has 2 aromatic carbocycles. The highest BCUT2D eigenvalue weighted by Crippen LogP contribution is 2.28. The summed E-state index contributed by atoms with van der Waals surface area (Å²) >= 11 is 0. The van der Waals surface area contributed by atoms with Gasteiger partial charge in [0.05, 0.1) is 11.3 Å². The van der Waals surface area contributed by atoms with Crippen molar-refractivity contribution in [1.29, 1.82) is 0 Å². The van der Waals surface area contributed by atoms with Crippen LogP contribution in [0.2, 0.25) is 0 Å². The predicted octanol–water partition coefficient (Wildman–Crippen LogP) is 4.84. The Balaban J connectivity index is 1.28. The van der Waals surface area contributed by atoms with Crippen LogP contribution in [0.15, 0.2) is 66.9 Å². The summed E-state index contributed by atoms with van der Waals surface area (Å²) in [6.07, 6.45) is 8.79. The van der Waals surface area contributed by atoms with Gasteiger partial charge in [0.25, 0.3) is 5.91 Å². The molecule has 6 nitrogen and oxygen atoms in total. The van der Waals surface area contributed by atoms with Crippen LogP contribution in [0, 0.1) is 5.92 Å². The molecule has 0 unspecified atom stereocenters. The van der Waals surface area contributed by atoms with Crippen molar-refractivity contribution in [2.45, 2.75) is 51.0 Å². The topological polar surface area (TPSA) is 67.2 Å². The summed E-state index contributed by atoms with van der Waals surface area (Å²) in [6, 6.07) is 20.1. The van der Waals surface area contributed by atoms with E-state index in [1.165, 1.54) is 12.8 Å². The Morgan fingerprint density at radius 2 is 1.53 bits per heavy atom. The van der Waals surface area contributed by atoms with Gasteiger partial charge in [0, 0.05) is 37.3 Å². The van der Waals surface area contributed by atoms with Crippen molar-refractivity contribution in [1.82, 2.24) is 20.0 Å². The predicted molar refractivity (Wildman–Crippen MR) is 133 cm³/mol. The maximum absolute atomic E-state index is 13.6. The van der Waals surface area contributed by atoms with Gasteiger partial charge in [-0.1, -0.05) is 61.4 Å². The molecule has 2 amide bonds. The highest BCUT2D eigenvalue weighted by molar-refractivity contribution is 6.00. The Bertz CT molecular complexity index is 1110. The third kappa shape index (κ3) is 5.06. The van der Waals surface area contributed by atoms with Crippen LogP contribution in [0.1, 0.15) is 55.3 Å². The Hall–Kier alpha value is -3.41. The van der Waals surface area contributed by atoms with Crippen LogP contribution < -0.4 is 5.32 Å². The number of carbonyl (C=O) groups is 2. The highest BCUT2D eigenvalue weighted by Gasteiger charge is 2.29. The maximum Gasteiger partial charge on any atom is 0.257 e. The van der Waals surface area contributed by atoms with Crippen LogP contribution >= 0.6 is 0 Å². The number of hydrogen-bond donors (Lipinski definition) is 1. The monoisotopic (exact) mass is 456 g/mol. The van der Waals surface area contributed by atoms with Crippen LogP contribution in [-0.4, -0.2) is 45.6 Å². The zero-order valence-corrected chi connectivity index (χ0v) is 19.5. The van der Waals surface area contributed by atoms with Crippen molar-refractivity contribution in [3.63, 3.8) is 0 Å². The highest BCUT2D eigenvalue weighted by atomic mass is 16.2. The summed E-state index contributed by atoms with van der Waals surface area (Å²) in [6.45, 7) is 1.34. The Kier molecular flexibility index (Phi) is 6.74. The molecule has 0 radical (unpaired) electrons. The SMILES string of the molecule is O=C(CC1CCN(C(=O)c2cn(-c3ccccc3)nc2-c2ccccc2)CC1)NC1CCCC1. The molecule has 1 N–H and O–H groups in total. The van der Waals surface area contributed by atoms with Crippen molar-refractivity contribution >= 4 is 11.8 Å². The summed E-state index contributed by atoms with van der Waals surface area (Å²) < 4.78 is 1.79. The second kappa shape index (κ2) is 10.2. The Morgan fingerprint density at radius 1 is 0.882 bits per heavy atom. The van der Waals surface area contributed by atoms with Gasteiger partial charge in [-0.2, -0.15) is 5.10 Å². The molecule has 2 aliphatic rings. The Labute approximate surface area is 201 Å². The normalized spacial score (nSPS) is 17.1. The van der Waals surface area contributed by atoms with Crippen molar-refractivity contribution in [3.8, 4) is 16.9 Å². The standard InChI is InChI=1S/C28H32N4O2/c33-26(29-23-11-7-8-12-23)19-21-15-17-31(18-16-21)28(34)25-20-32(24-13-5-2-6-14-24)30-27(25)22-9-3-1-4-10-22/h1-6,9-10,13-14,20-21,23H,7-8,11-12,15-19H2,(H,29,33). The molecule has 1 saturated heterocycles. The summed E-state index contributed by atoms with van der Waals surface area (Å²) in [7, 11) is 0. The van der Waals surface area contributed by atoms with Crippen molar-refractivity contribution in [3.05, 3.63) is 72.4 Å². The second-order valence-electron chi connectivity index (χ2n) is 9.53. The van der Waals surface area contributed by atoms with Gasteiger partial charge >= 0.3 is 0 Å². The molecule has 6 heteroatoms. The summed E-state index contributed by atoms with van der Waals surface area (Å²) in [5.74, 6) is 0.521. The molecular weight excluding hydrogens is 424 g/mol. The molecule has 0 atom stereocenters. The first-order chi connectivity index (χ1) is 16.7. The average molecular weight is 457 g/mol. The van der Waals surface area contributed by atoms with Gasteiger partial charge in [-0.3, -0.25) is 9.59 Å². The molecule has 0 bridgehead atoms. The third-order valence-electron chi connectivity index (χ3n) is 7.11. The average Bonchev–Trinajstić information content (AvgIpc) is 3.55. The number of amides is 2. The largest absolute Gasteiger partial charge is 0.353 e. The lowest BCUT2D eigenvalue weighted by molar-refractivity contribution is -0.123. The number of para-hydroxylation sites is 1. The number of piperidine rings is 1. The number of nitrogens with zero attached hydrogens (tertiary/aromatic N) is 3. The van der Waals surface area contributed by atoms with E-state index in [1.54, 1.807) is 4.68 Å². The first-order valence-corrected chi connectivity index (χ1v) is 12.5. The zero-order valence-electron chi connectivity index (χ0n) is 19.5. The lowest BCUT2D eigenvalue weighted by Gasteiger charge is -2.32. The van der Waals surface area contributed by atoms with Gasteiger partial charge in [0.2, 0.25) is 5.91 Å². The Morgan fingerprint density at radius 3 is 2.21 bits per heavy atom. The first-order valence-electron chi connectivity index (χ1n) is 12.5. The van der Waals surface area contributed by atoms with Crippen molar-refractivity contribution < 1.29 is 9.59 Å². The number of likely N-dealkylation sites (tertiary alicyclic amines) is 1. The molecule has 34 heavy (non-hydrogen) atoms. The molecule has 5 rings (SSSR count). The van der Waals surface area contributed by atoms with E-state index in [9.17, 15) is 9.59 Å². The van der Waals surface area contributed by atoms with E-state index >= 15 is 0 Å². The molecule has 1 aliphatic heterocycles. The van der Waals surface area contributed by atoms with Crippen molar-refractivity contribution in [2.75, 3.05) is 13.1 Å². The van der Waals surface area contributed by atoms with E-state index in [-0.39, 0.29) is 11.8 Å². The molecule has 1 aromatic heterocycles. The van der Waals surface area contributed by atoms with Crippen LogP contribution in [0.5, 0.6) is 0 Å². The molecule has 176 valence electrons. The van der Waals surface area contributed by atoms with E-state index in [4.69, 9.17) is 5.10 Å². The summed E-state index contributed by atoms with van der Waals surface area (Å²) in [5, 5.41) is 7.99. The van der Waals surface area contributed by atoms with E-state index in [0.717, 1.165) is 36.9 Å². The van der Waals surface area contributed by atoms with Gasteiger partial charge in [0.1, 0.15) is 5.69 Å². The fraction of sp³-hybridized carbons (Fsp3) is 0.393. The number of carbonyl (C=O) groups excluding carboxylic acids is 2. The van der Waals surface area contributed by atoms with Gasteiger partial charge in [-0.05, 0) is 43.7 Å². The smallest absolute Gasteiger partial charge is 0.257 e. The van der Waals surface area contributed by atoms with E-state index in [0.29, 0.717) is 42.7 Å². The third-order valence-corrected chi connectivity index (χ3v) is 7.11. The van der Waals surface area contributed by atoms with Gasteiger partial charge < -0.3 is 10.2 Å². The van der Waals surface area contributed by atoms with Crippen LogP contribution in [0.25, 0.3) is 16.9 Å². The first kappa shape index (κ1) is 22.4. The zero-order chi connectivity index (χ0) is 23.3. The molecule has 1 aliphatic carbocycles. The van der Waals surface area contributed by atoms with Gasteiger partial charge in [-0.25, -0.2) is 4.68 Å². The van der Waals surface area contributed by atoms with Crippen LogP contribution in [-0.2, 0) is 4.79 Å². The van der Waals surface area contributed by atoms with E-state index in [1.807, 2.05) is 71.8 Å². The molecule has 2 fully saturated rings. The summed E-state index contributed by atoms with van der Waals surface area (Å²) in [5.41, 5.74) is 3.17. The maximum atomic E-state index is 13.6. The quantitative estimate of drug-likeness (QED) is 0.577. The minimum absolute atomic E-state index is 0.00916. The molecule has 2 heterocycles. The van der Waals surface area contributed by atoms with Crippen molar-refractivity contribution in [2.24, 2.45) is 5.92 Å². The molecular formula is C28H32N4O2. The lowest BCUT2D eigenvalue weighted by atomic mass is 9.92. The second-order valence-corrected chi connectivity index (χ2v) is 9.53. The minimum atomic E-state index is 0.00916. The van der Waals surface area contributed by atoms with E-state index in [2.05, 4.69) is 5.32 Å². The number of nitrogens with one attached hydrogen (secondary N) is 1. The van der Waals surface area contributed by atoms with Gasteiger partial charge in [0.15, 0.2) is 0 Å². The van der Waals surface area contributed by atoms with Crippen LogP contribution in [0.4, 0.5) is 0 Å². The van der Waals surface area contributed by atoms with Crippen LogP contribution in [0.3, 0.4) is 0 Å². The van der Waals surface area contributed by atoms with Gasteiger partial charge in [-0.15, -0.1) is 0 Å². The number of aromatic nitrogens is 2. The molecule has 3 aromatic rings. The number of hydrogen-bond acceptors (Lipinski definition) is 3.